The first kappa shape index (κ1) is 17.7. The number of aromatic nitrogens is 4. The maximum atomic E-state index is 11.7. The topological polar surface area (TPSA) is 90.9 Å². The summed E-state index contributed by atoms with van der Waals surface area (Å²) in [5.74, 6) is 0.690. The van der Waals surface area contributed by atoms with Crippen molar-refractivity contribution in [1.29, 1.82) is 5.26 Å². The molecule has 3 aromatic rings. The van der Waals surface area contributed by atoms with Crippen LogP contribution >= 0.6 is 0 Å². The lowest BCUT2D eigenvalue weighted by Crippen LogP contribution is -2.47. The number of nitriles is 1. The highest BCUT2D eigenvalue weighted by Crippen LogP contribution is 2.25. The van der Waals surface area contributed by atoms with Gasteiger partial charge in [-0.05, 0) is 47.7 Å². The van der Waals surface area contributed by atoms with E-state index in [2.05, 4.69) is 31.4 Å². The summed E-state index contributed by atoms with van der Waals surface area (Å²) in [6.07, 6.45) is 0. The Morgan fingerprint density at radius 2 is 1.75 bits per heavy atom. The molecular formula is C20H19N7O. The van der Waals surface area contributed by atoms with E-state index in [0.29, 0.717) is 43.3 Å². The van der Waals surface area contributed by atoms with Crippen molar-refractivity contribution in [3.8, 4) is 11.8 Å². The first-order valence-electron chi connectivity index (χ1n) is 9.06. The van der Waals surface area contributed by atoms with Gasteiger partial charge in [0.2, 0.25) is 5.95 Å². The van der Waals surface area contributed by atoms with Crippen LogP contribution in [0, 0.1) is 11.3 Å². The van der Waals surface area contributed by atoms with Gasteiger partial charge in [0, 0.05) is 31.7 Å². The summed E-state index contributed by atoms with van der Waals surface area (Å²) in [4.78, 5) is 16.0. The number of carbonyl (C=O) groups excluding carboxylic acids is 1. The Morgan fingerprint density at radius 3 is 2.43 bits per heavy atom. The van der Waals surface area contributed by atoms with Crippen LogP contribution in [0.3, 0.4) is 0 Å². The SMILES string of the molecule is CC(=O)c1ccc(C#N)c(N2CCN(c3nnnn3-c3ccccc3)CC2)c1. The molecule has 0 N–H and O–H groups in total. The van der Waals surface area contributed by atoms with E-state index in [-0.39, 0.29) is 5.78 Å². The maximum absolute atomic E-state index is 11.7. The molecule has 0 unspecified atom stereocenters. The molecule has 2 aromatic carbocycles. The average Bonchev–Trinajstić information content (AvgIpc) is 3.24. The largest absolute Gasteiger partial charge is 0.367 e. The van der Waals surface area contributed by atoms with Crippen molar-refractivity contribution < 1.29 is 4.79 Å². The van der Waals surface area contributed by atoms with E-state index in [1.165, 1.54) is 6.92 Å². The molecule has 0 amide bonds. The summed E-state index contributed by atoms with van der Waals surface area (Å²) in [5, 5.41) is 21.6. The number of para-hydroxylation sites is 1. The number of tetrazole rings is 1. The molecule has 0 aliphatic carbocycles. The fourth-order valence-corrected chi connectivity index (χ4v) is 3.37. The third-order valence-electron chi connectivity index (χ3n) is 4.88. The van der Waals surface area contributed by atoms with Crippen molar-refractivity contribution in [3.05, 3.63) is 59.7 Å². The predicted octanol–water partition coefficient (Wildman–Crippen LogP) is 2.06. The smallest absolute Gasteiger partial charge is 0.250 e. The highest BCUT2D eigenvalue weighted by atomic mass is 16.1. The Morgan fingerprint density at radius 1 is 1.04 bits per heavy atom. The lowest BCUT2D eigenvalue weighted by molar-refractivity contribution is 0.101. The van der Waals surface area contributed by atoms with Gasteiger partial charge in [-0.15, -0.1) is 0 Å². The highest BCUT2D eigenvalue weighted by Gasteiger charge is 2.24. The Hall–Kier alpha value is -3.73. The van der Waals surface area contributed by atoms with Crippen molar-refractivity contribution in [1.82, 2.24) is 20.2 Å². The van der Waals surface area contributed by atoms with Crippen molar-refractivity contribution in [3.63, 3.8) is 0 Å². The number of hydrogen-bond acceptors (Lipinski definition) is 7. The van der Waals surface area contributed by atoms with Gasteiger partial charge in [-0.3, -0.25) is 4.79 Å². The molecule has 0 saturated carbocycles. The molecule has 0 atom stereocenters. The molecule has 140 valence electrons. The van der Waals surface area contributed by atoms with E-state index < -0.39 is 0 Å². The molecule has 8 heteroatoms. The Kier molecular flexibility index (Phi) is 4.72. The molecule has 4 rings (SSSR count). The molecule has 1 fully saturated rings. The van der Waals surface area contributed by atoms with Gasteiger partial charge in [-0.25, -0.2) is 0 Å². The molecule has 0 spiro atoms. The van der Waals surface area contributed by atoms with Gasteiger partial charge >= 0.3 is 0 Å². The van der Waals surface area contributed by atoms with Crippen LogP contribution in [0.1, 0.15) is 22.8 Å². The molecule has 1 aromatic heterocycles. The van der Waals surface area contributed by atoms with Crippen molar-refractivity contribution in [2.75, 3.05) is 36.0 Å². The highest BCUT2D eigenvalue weighted by molar-refractivity contribution is 5.95. The fourth-order valence-electron chi connectivity index (χ4n) is 3.37. The summed E-state index contributed by atoms with van der Waals surface area (Å²) in [6, 6.07) is 17.2. The van der Waals surface area contributed by atoms with Gasteiger partial charge in [0.05, 0.1) is 16.9 Å². The minimum atomic E-state index is -0.00795. The maximum Gasteiger partial charge on any atom is 0.250 e. The van der Waals surface area contributed by atoms with Crippen molar-refractivity contribution >= 4 is 17.4 Å². The first-order chi connectivity index (χ1) is 13.7. The van der Waals surface area contributed by atoms with Gasteiger partial charge in [-0.1, -0.05) is 23.3 Å². The first-order valence-corrected chi connectivity index (χ1v) is 9.06. The molecule has 0 bridgehead atoms. The van der Waals surface area contributed by atoms with Crippen molar-refractivity contribution in [2.24, 2.45) is 0 Å². The molecule has 1 aliphatic rings. The van der Waals surface area contributed by atoms with E-state index in [9.17, 15) is 10.1 Å². The summed E-state index contributed by atoms with van der Waals surface area (Å²) in [6.45, 7) is 4.37. The van der Waals surface area contributed by atoms with Gasteiger partial charge < -0.3 is 9.80 Å². The van der Waals surface area contributed by atoms with Crippen LogP contribution in [-0.2, 0) is 0 Å². The monoisotopic (exact) mass is 373 g/mol. The van der Waals surface area contributed by atoms with Gasteiger partial charge in [0.1, 0.15) is 6.07 Å². The van der Waals surface area contributed by atoms with E-state index in [4.69, 9.17) is 0 Å². The quantitative estimate of drug-likeness (QED) is 0.647. The lowest BCUT2D eigenvalue weighted by Gasteiger charge is -2.36. The summed E-state index contributed by atoms with van der Waals surface area (Å²) >= 11 is 0. The molecule has 1 aliphatic heterocycles. The number of carbonyl (C=O) groups is 1. The second-order valence-corrected chi connectivity index (χ2v) is 6.60. The fraction of sp³-hybridized carbons (Fsp3) is 0.250. The van der Waals surface area contributed by atoms with Crippen LogP contribution in [0.2, 0.25) is 0 Å². The average molecular weight is 373 g/mol. The van der Waals surface area contributed by atoms with Gasteiger partial charge in [-0.2, -0.15) is 9.94 Å². The minimum absolute atomic E-state index is 0.00795. The number of hydrogen-bond donors (Lipinski definition) is 0. The van der Waals surface area contributed by atoms with Crippen LogP contribution in [0.15, 0.2) is 48.5 Å². The summed E-state index contributed by atoms with van der Waals surface area (Å²) in [5.41, 5.74) is 2.90. The normalized spacial score (nSPS) is 14.0. The van der Waals surface area contributed by atoms with Gasteiger partial charge in [0.15, 0.2) is 5.78 Å². The molecule has 28 heavy (non-hydrogen) atoms. The van der Waals surface area contributed by atoms with Crippen LogP contribution in [-0.4, -0.2) is 52.2 Å². The number of benzene rings is 2. The van der Waals surface area contributed by atoms with Crippen LogP contribution in [0.25, 0.3) is 5.69 Å². The summed E-state index contributed by atoms with van der Waals surface area (Å²) < 4.78 is 1.73. The zero-order chi connectivity index (χ0) is 19.5. The van der Waals surface area contributed by atoms with Crippen LogP contribution < -0.4 is 9.80 Å². The van der Waals surface area contributed by atoms with E-state index >= 15 is 0 Å². The Labute approximate surface area is 162 Å². The number of anilines is 2. The second-order valence-electron chi connectivity index (χ2n) is 6.60. The number of piperazine rings is 1. The second kappa shape index (κ2) is 7.48. The minimum Gasteiger partial charge on any atom is -0.367 e. The molecule has 2 heterocycles. The van der Waals surface area contributed by atoms with Crippen LogP contribution in [0.4, 0.5) is 11.6 Å². The van der Waals surface area contributed by atoms with E-state index in [0.717, 1.165) is 11.4 Å². The third-order valence-corrected chi connectivity index (χ3v) is 4.88. The number of ketones is 1. The molecule has 8 nitrogen and oxygen atoms in total. The van der Waals surface area contributed by atoms with E-state index in [1.807, 2.05) is 36.4 Å². The number of rotatable bonds is 4. The Bertz CT molecular complexity index is 1030. The van der Waals surface area contributed by atoms with E-state index in [1.54, 1.807) is 16.8 Å². The molecular weight excluding hydrogens is 354 g/mol. The van der Waals surface area contributed by atoms with Gasteiger partial charge in [0.25, 0.3) is 0 Å². The molecule has 0 radical (unpaired) electrons. The number of nitrogens with zero attached hydrogens (tertiary/aromatic N) is 7. The Balaban J connectivity index is 1.54. The zero-order valence-electron chi connectivity index (χ0n) is 15.5. The lowest BCUT2D eigenvalue weighted by atomic mass is 10.1. The standard InChI is InChI=1S/C20H19N7O/c1-15(28)16-7-8-17(14-21)19(13-16)25-9-11-26(12-10-25)20-22-23-24-27(20)18-5-3-2-4-6-18/h2-8,13H,9-12H2,1H3. The third kappa shape index (κ3) is 3.30. The summed E-state index contributed by atoms with van der Waals surface area (Å²) in [7, 11) is 0. The van der Waals surface area contributed by atoms with Crippen molar-refractivity contribution in [2.45, 2.75) is 6.92 Å². The predicted molar refractivity (Wildman–Crippen MR) is 105 cm³/mol. The molecule has 1 saturated heterocycles. The zero-order valence-corrected chi connectivity index (χ0v) is 15.5. The van der Waals surface area contributed by atoms with Crippen LogP contribution in [0.5, 0.6) is 0 Å². The number of Topliss-reactive ketones (excluding diaryl/α,β-unsaturated/α-hetero) is 1.